The van der Waals surface area contributed by atoms with Crippen molar-refractivity contribution in [2.24, 2.45) is 0 Å². The second kappa shape index (κ2) is 10.9. The highest BCUT2D eigenvalue weighted by molar-refractivity contribution is 7.21. The van der Waals surface area contributed by atoms with Gasteiger partial charge in [0.15, 0.2) is 0 Å². The van der Waals surface area contributed by atoms with Gasteiger partial charge in [-0.2, -0.15) is 26.3 Å². The van der Waals surface area contributed by atoms with E-state index in [9.17, 15) is 26.3 Å². The molecule has 0 saturated heterocycles. The van der Waals surface area contributed by atoms with Crippen LogP contribution in [0.4, 0.5) is 26.3 Å². The van der Waals surface area contributed by atoms with Crippen molar-refractivity contribution in [1.82, 2.24) is 4.98 Å². The molecule has 0 aliphatic carbocycles. The molecule has 45 heavy (non-hydrogen) atoms. The largest absolute Gasteiger partial charge is 0.416 e. The molecule has 1 aromatic heterocycles. The molecule has 0 spiro atoms. The first-order valence-corrected chi connectivity index (χ1v) is 14.7. The number of thiazole rings is 1. The van der Waals surface area contributed by atoms with E-state index >= 15 is 0 Å². The Labute approximate surface area is 258 Å². The molecule has 8 heteroatoms. The molecule has 0 saturated carbocycles. The Kier molecular flexibility index (Phi) is 6.97. The summed E-state index contributed by atoms with van der Waals surface area (Å²) < 4.78 is 81.2. The summed E-state index contributed by atoms with van der Waals surface area (Å²) in [6, 6.07) is 36.4. The Morgan fingerprint density at radius 3 is 1.47 bits per heavy atom. The molecule has 0 radical (unpaired) electrons. The zero-order chi connectivity index (χ0) is 31.3. The van der Waals surface area contributed by atoms with E-state index in [4.69, 9.17) is 4.98 Å². The van der Waals surface area contributed by atoms with Gasteiger partial charge in [0, 0.05) is 5.56 Å². The van der Waals surface area contributed by atoms with Gasteiger partial charge in [0.2, 0.25) is 0 Å². The van der Waals surface area contributed by atoms with E-state index in [0.29, 0.717) is 0 Å². The number of aromatic nitrogens is 1. The van der Waals surface area contributed by atoms with Crippen molar-refractivity contribution < 1.29 is 26.3 Å². The lowest BCUT2D eigenvalue weighted by Gasteiger charge is -2.15. The SMILES string of the molecule is FC(F)(F)c1cc(-c2ccc(-c3ccc(-c4ccc(-c5nc6ccccc6s5)c5ccccc45)cc3)cc2)cc(C(F)(F)F)c1. The minimum Gasteiger partial charge on any atom is -0.236 e. The summed E-state index contributed by atoms with van der Waals surface area (Å²) in [7, 11) is 0. The third-order valence-electron chi connectivity index (χ3n) is 7.78. The molecule has 6 aromatic carbocycles. The van der Waals surface area contributed by atoms with Crippen LogP contribution in [0, 0.1) is 0 Å². The summed E-state index contributed by atoms with van der Waals surface area (Å²) in [5, 5.41) is 3.14. The van der Waals surface area contributed by atoms with Crippen LogP contribution in [-0.2, 0) is 12.4 Å². The molecule has 7 aromatic rings. The Bertz CT molecular complexity index is 2110. The van der Waals surface area contributed by atoms with Crippen LogP contribution >= 0.6 is 11.3 Å². The number of benzene rings is 6. The molecule has 7 rings (SSSR count). The number of fused-ring (bicyclic) bond motifs is 2. The summed E-state index contributed by atoms with van der Waals surface area (Å²) in [6.07, 6.45) is -9.81. The van der Waals surface area contributed by atoms with Crippen LogP contribution in [-0.4, -0.2) is 4.98 Å². The van der Waals surface area contributed by atoms with Gasteiger partial charge in [-0.3, -0.25) is 0 Å². The molecule has 0 N–H and O–H groups in total. The van der Waals surface area contributed by atoms with E-state index in [2.05, 4.69) is 30.3 Å². The van der Waals surface area contributed by atoms with Crippen molar-refractivity contribution in [3.05, 3.63) is 139 Å². The lowest BCUT2D eigenvalue weighted by atomic mass is 9.93. The Morgan fingerprint density at radius 1 is 0.444 bits per heavy atom. The third kappa shape index (κ3) is 5.58. The van der Waals surface area contributed by atoms with Gasteiger partial charge in [0.1, 0.15) is 5.01 Å². The molecule has 222 valence electrons. The Morgan fingerprint density at radius 2 is 0.911 bits per heavy atom. The lowest BCUT2D eigenvalue weighted by Crippen LogP contribution is -2.11. The molecule has 0 atom stereocenters. The van der Waals surface area contributed by atoms with Crippen LogP contribution in [0.25, 0.3) is 64.9 Å². The summed E-state index contributed by atoms with van der Waals surface area (Å²) in [5.41, 5.74) is 3.16. The second-order valence-corrected chi connectivity index (χ2v) is 11.7. The van der Waals surface area contributed by atoms with Gasteiger partial charge in [-0.15, -0.1) is 11.3 Å². The van der Waals surface area contributed by atoms with Gasteiger partial charge in [0.25, 0.3) is 0 Å². The van der Waals surface area contributed by atoms with Crippen LogP contribution < -0.4 is 0 Å². The minimum atomic E-state index is -4.90. The molecule has 1 nitrogen and oxygen atoms in total. The van der Waals surface area contributed by atoms with E-state index in [-0.39, 0.29) is 17.2 Å². The monoisotopic (exact) mass is 625 g/mol. The van der Waals surface area contributed by atoms with Gasteiger partial charge in [0.05, 0.1) is 21.3 Å². The maximum absolute atomic E-state index is 13.3. The third-order valence-corrected chi connectivity index (χ3v) is 8.85. The number of hydrogen-bond acceptors (Lipinski definition) is 2. The molecular formula is C37H21F6NS. The molecule has 0 fully saturated rings. The van der Waals surface area contributed by atoms with E-state index in [0.717, 1.165) is 65.9 Å². The average Bonchev–Trinajstić information content (AvgIpc) is 3.48. The highest BCUT2D eigenvalue weighted by atomic mass is 32.1. The maximum Gasteiger partial charge on any atom is 0.416 e. The van der Waals surface area contributed by atoms with E-state index in [1.807, 2.05) is 54.6 Å². The zero-order valence-electron chi connectivity index (χ0n) is 23.2. The van der Waals surface area contributed by atoms with Crippen LogP contribution in [0.5, 0.6) is 0 Å². The molecule has 0 amide bonds. The smallest absolute Gasteiger partial charge is 0.236 e. The molecule has 0 unspecified atom stereocenters. The van der Waals surface area contributed by atoms with Gasteiger partial charge < -0.3 is 0 Å². The Balaban J connectivity index is 1.20. The van der Waals surface area contributed by atoms with Crippen molar-refractivity contribution in [3.8, 4) is 44.0 Å². The fourth-order valence-electron chi connectivity index (χ4n) is 5.54. The Hall–Kier alpha value is -4.95. The van der Waals surface area contributed by atoms with Crippen molar-refractivity contribution in [1.29, 1.82) is 0 Å². The maximum atomic E-state index is 13.3. The standard InChI is InChI=1S/C37H21F6NS/c38-36(39,40)27-19-26(20-28(21-27)37(41,42)43)24-11-9-22(10-12-24)23-13-15-25(16-14-23)29-17-18-32(31-6-2-1-5-30(29)31)35-44-33-7-3-4-8-34(33)45-35/h1-21H. The van der Waals surface area contributed by atoms with Crippen molar-refractivity contribution >= 4 is 32.3 Å². The second-order valence-electron chi connectivity index (χ2n) is 10.6. The van der Waals surface area contributed by atoms with Crippen molar-refractivity contribution in [3.63, 3.8) is 0 Å². The van der Waals surface area contributed by atoms with Gasteiger partial charge in [-0.1, -0.05) is 97.1 Å². The number of halogens is 6. The molecule has 0 bridgehead atoms. The number of rotatable bonds is 4. The highest BCUT2D eigenvalue weighted by Crippen LogP contribution is 2.41. The summed E-state index contributed by atoms with van der Waals surface area (Å²) in [4.78, 5) is 4.85. The quantitative estimate of drug-likeness (QED) is 0.177. The van der Waals surface area contributed by atoms with Crippen LogP contribution in [0.15, 0.2) is 127 Å². The number of para-hydroxylation sites is 1. The van der Waals surface area contributed by atoms with Crippen molar-refractivity contribution in [2.45, 2.75) is 12.4 Å². The predicted molar refractivity (Wildman–Crippen MR) is 169 cm³/mol. The van der Waals surface area contributed by atoms with Crippen LogP contribution in [0.2, 0.25) is 0 Å². The fraction of sp³-hybridized carbons (Fsp3) is 0.0541. The molecule has 1 heterocycles. The van der Waals surface area contributed by atoms with E-state index in [1.165, 1.54) is 12.1 Å². The van der Waals surface area contributed by atoms with Gasteiger partial charge in [-0.05, 0) is 74.5 Å². The normalized spacial score (nSPS) is 12.2. The average molecular weight is 626 g/mol. The first-order valence-electron chi connectivity index (χ1n) is 13.9. The summed E-state index contributed by atoms with van der Waals surface area (Å²) >= 11 is 1.66. The fourth-order valence-corrected chi connectivity index (χ4v) is 6.55. The topological polar surface area (TPSA) is 12.9 Å². The zero-order valence-corrected chi connectivity index (χ0v) is 24.1. The number of nitrogens with zero attached hydrogens (tertiary/aromatic N) is 1. The highest BCUT2D eigenvalue weighted by Gasteiger charge is 2.37. The lowest BCUT2D eigenvalue weighted by molar-refractivity contribution is -0.143. The predicted octanol–water partition coefficient (Wildman–Crippen LogP) is 12.2. The van der Waals surface area contributed by atoms with Crippen LogP contribution in [0.3, 0.4) is 0 Å². The first-order chi connectivity index (χ1) is 21.5. The van der Waals surface area contributed by atoms with Crippen LogP contribution in [0.1, 0.15) is 11.1 Å². The van der Waals surface area contributed by atoms with Crippen molar-refractivity contribution in [2.75, 3.05) is 0 Å². The minimum absolute atomic E-state index is 0.136. The summed E-state index contributed by atoms with van der Waals surface area (Å²) in [5.74, 6) is 0. The number of alkyl halides is 6. The van der Waals surface area contributed by atoms with E-state index in [1.54, 1.807) is 23.5 Å². The summed E-state index contributed by atoms with van der Waals surface area (Å²) in [6.45, 7) is 0. The molecule has 0 aliphatic rings. The van der Waals surface area contributed by atoms with Gasteiger partial charge >= 0.3 is 12.4 Å². The van der Waals surface area contributed by atoms with Gasteiger partial charge in [-0.25, -0.2) is 4.98 Å². The van der Waals surface area contributed by atoms with E-state index < -0.39 is 23.5 Å². The molecule has 0 aliphatic heterocycles. The number of hydrogen-bond donors (Lipinski definition) is 0. The first kappa shape index (κ1) is 28.8. The molecular weight excluding hydrogens is 604 g/mol.